The Balaban J connectivity index is 1.36. The predicted octanol–water partition coefficient (Wildman–Crippen LogP) is 5.38. The summed E-state index contributed by atoms with van der Waals surface area (Å²) in [7, 11) is 3.08. The lowest BCUT2D eigenvalue weighted by atomic mass is 9.95. The van der Waals surface area contributed by atoms with E-state index in [1.54, 1.807) is 73.2 Å². The number of rotatable bonds is 10. The monoisotopic (exact) mass is 662 g/mol. The fourth-order valence-corrected chi connectivity index (χ4v) is 6.42. The van der Waals surface area contributed by atoms with Gasteiger partial charge in [-0.15, -0.1) is 0 Å². The maximum absolute atomic E-state index is 14.1. The number of benzene rings is 4. The van der Waals surface area contributed by atoms with Gasteiger partial charge < -0.3 is 19.5 Å². The number of amides is 1. The molecular formula is C36H30N4O7S. The number of nitrogens with zero attached hydrogens (tertiary/aromatic N) is 3. The molecule has 48 heavy (non-hydrogen) atoms. The molecule has 0 aliphatic carbocycles. The topological polar surface area (TPSA) is 134 Å². The number of methoxy groups -OCH3 is 2. The largest absolute Gasteiger partial charge is 0.497 e. The van der Waals surface area contributed by atoms with Crippen molar-refractivity contribution in [3.63, 3.8) is 0 Å². The van der Waals surface area contributed by atoms with Gasteiger partial charge in [0.05, 0.1) is 41.0 Å². The van der Waals surface area contributed by atoms with Crippen molar-refractivity contribution >= 4 is 34.7 Å². The van der Waals surface area contributed by atoms with Crippen LogP contribution in [0.25, 0.3) is 6.08 Å². The van der Waals surface area contributed by atoms with E-state index in [4.69, 9.17) is 19.2 Å². The number of hydrogen-bond donors (Lipinski definition) is 1. The van der Waals surface area contributed by atoms with E-state index in [2.05, 4.69) is 5.32 Å². The fraction of sp³-hybridized carbons (Fsp3) is 0.139. The summed E-state index contributed by atoms with van der Waals surface area (Å²) >= 11 is 1.23. The second kappa shape index (κ2) is 13.8. The van der Waals surface area contributed by atoms with Crippen LogP contribution in [0.15, 0.2) is 118 Å². The minimum Gasteiger partial charge on any atom is -0.497 e. The summed E-state index contributed by atoms with van der Waals surface area (Å²) in [5.41, 5.74) is 3.32. The fourth-order valence-electron chi connectivity index (χ4n) is 5.38. The summed E-state index contributed by atoms with van der Waals surface area (Å²) in [4.78, 5) is 43.6. The van der Waals surface area contributed by atoms with E-state index in [0.717, 1.165) is 5.56 Å². The van der Waals surface area contributed by atoms with Gasteiger partial charge in [0.2, 0.25) is 0 Å². The van der Waals surface area contributed by atoms with Crippen molar-refractivity contribution in [1.29, 1.82) is 0 Å². The van der Waals surface area contributed by atoms with Gasteiger partial charge in [0.15, 0.2) is 16.3 Å². The molecule has 0 radical (unpaired) electrons. The lowest BCUT2D eigenvalue weighted by molar-refractivity contribution is -0.384. The molecule has 1 aliphatic rings. The van der Waals surface area contributed by atoms with Crippen LogP contribution in [-0.4, -0.2) is 29.6 Å². The number of anilines is 1. The van der Waals surface area contributed by atoms with E-state index in [1.807, 2.05) is 36.4 Å². The van der Waals surface area contributed by atoms with Crippen LogP contribution in [-0.2, 0) is 11.4 Å². The Morgan fingerprint density at radius 2 is 1.75 bits per heavy atom. The van der Waals surface area contributed by atoms with Crippen LogP contribution in [0.3, 0.4) is 0 Å². The van der Waals surface area contributed by atoms with Crippen molar-refractivity contribution in [3.8, 4) is 17.2 Å². The normalized spacial score (nSPS) is 14.1. The molecule has 12 heteroatoms. The third-order valence-corrected chi connectivity index (χ3v) is 8.72. The lowest BCUT2D eigenvalue weighted by Crippen LogP contribution is -2.40. The Kier molecular flexibility index (Phi) is 9.17. The second-order valence-electron chi connectivity index (χ2n) is 10.8. The number of para-hydroxylation sites is 1. The van der Waals surface area contributed by atoms with Gasteiger partial charge in [-0.05, 0) is 78.2 Å². The molecule has 0 bridgehead atoms. The third-order valence-electron chi connectivity index (χ3n) is 7.73. The Labute approximate surface area is 278 Å². The maximum Gasteiger partial charge on any atom is 0.271 e. The quantitative estimate of drug-likeness (QED) is 0.157. The molecule has 0 fully saturated rings. The Morgan fingerprint density at radius 3 is 2.46 bits per heavy atom. The molecule has 0 spiro atoms. The number of hydrogen-bond acceptors (Lipinski definition) is 9. The third kappa shape index (κ3) is 6.60. The standard InChI is InChI=1S/C36H30N4O7S/c1-22-32(34(41)38-26-9-5-4-6-10-26)33(25-8-7-11-28(20-25)45-2)39-35(42)31(48-36(39)37-22)19-24-14-17-29(30(18-24)46-3)47-21-23-12-15-27(16-13-23)40(43)44/h4-20,33H,21H2,1-3H3,(H,38,41)/b31-19-/t33-/m1/s1. The number of carbonyl (C=O) groups is 1. The van der Waals surface area contributed by atoms with Crippen molar-refractivity contribution in [2.75, 3.05) is 19.5 Å². The highest BCUT2D eigenvalue weighted by atomic mass is 32.1. The number of allylic oxidation sites excluding steroid dienone is 1. The molecule has 1 N–H and O–H groups in total. The smallest absolute Gasteiger partial charge is 0.271 e. The van der Waals surface area contributed by atoms with Gasteiger partial charge in [0, 0.05) is 17.8 Å². The first-order valence-corrected chi connectivity index (χ1v) is 15.6. The van der Waals surface area contributed by atoms with Crippen LogP contribution in [0.5, 0.6) is 17.2 Å². The summed E-state index contributed by atoms with van der Waals surface area (Å²) in [5.74, 6) is 1.15. The first-order valence-electron chi connectivity index (χ1n) is 14.8. The second-order valence-corrected chi connectivity index (χ2v) is 11.8. The van der Waals surface area contributed by atoms with Crippen molar-refractivity contribution in [2.24, 2.45) is 4.99 Å². The van der Waals surface area contributed by atoms with Crippen molar-refractivity contribution in [2.45, 2.75) is 19.6 Å². The predicted molar refractivity (Wildman–Crippen MR) is 182 cm³/mol. The molecule has 0 saturated heterocycles. The Morgan fingerprint density at radius 1 is 0.979 bits per heavy atom. The molecular weight excluding hydrogens is 632 g/mol. The molecule has 1 aromatic heterocycles. The van der Waals surface area contributed by atoms with Gasteiger partial charge in [-0.25, -0.2) is 4.99 Å². The molecule has 0 unspecified atom stereocenters. The molecule has 0 saturated carbocycles. The van der Waals surface area contributed by atoms with Crippen molar-refractivity contribution in [1.82, 2.24) is 4.57 Å². The number of carbonyl (C=O) groups excluding carboxylic acids is 1. The van der Waals surface area contributed by atoms with Gasteiger partial charge in [0.1, 0.15) is 12.4 Å². The van der Waals surface area contributed by atoms with Crippen molar-refractivity contribution in [3.05, 3.63) is 155 Å². The number of nitro benzene ring substituents is 1. The molecule has 1 amide bonds. The molecule has 4 aromatic carbocycles. The number of nitro groups is 1. The summed E-state index contributed by atoms with van der Waals surface area (Å²) in [5, 5.41) is 13.9. The van der Waals surface area contributed by atoms with E-state index in [1.165, 1.54) is 30.6 Å². The number of aromatic nitrogens is 1. The molecule has 1 atom stereocenters. The minimum absolute atomic E-state index is 0.00242. The molecule has 11 nitrogen and oxygen atoms in total. The summed E-state index contributed by atoms with van der Waals surface area (Å²) in [6, 6.07) is 27.1. The van der Waals surface area contributed by atoms with Crippen LogP contribution in [0.2, 0.25) is 0 Å². The average Bonchev–Trinajstić information content (AvgIpc) is 3.40. The molecule has 6 rings (SSSR count). The van der Waals surface area contributed by atoms with Crippen LogP contribution in [0, 0.1) is 10.1 Å². The van der Waals surface area contributed by atoms with Gasteiger partial charge >= 0.3 is 0 Å². The van der Waals surface area contributed by atoms with Crippen LogP contribution < -0.4 is 34.4 Å². The van der Waals surface area contributed by atoms with Crippen LogP contribution in [0.1, 0.15) is 29.7 Å². The molecule has 2 heterocycles. The number of non-ortho nitro benzene ring substituents is 1. The Hall–Kier alpha value is -6.01. The molecule has 242 valence electrons. The van der Waals surface area contributed by atoms with Gasteiger partial charge in [0.25, 0.3) is 17.2 Å². The van der Waals surface area contributed by atoms with Gasteiger partial charge in [-0.3, -0.25) is 24.3 Å². The van der Waals surface area contributed by atoms with E-state index >= 15 is 0 Å². The zero-order valence-electron chi connectivity index (χ0n) is 26.2. The van der Waals surface area contributed by atoms with Gasteiger partial charge in [-0.1, -0.05) is 47.7 Å². The number of thiazole rings is 1. The number of fused-ring (bicyclic) bond motifs is 1. The van der Waals surface area contributed by atoms with E-state index in [0.29, 0.717) is 54.7 Å². The first-order chi connectivity index (χ1) is 23.2. The highest BCUT2D eigenvalue weighted by Crippen LogP contribution is 2.33. The van der Waals surface area contributed by atoms with Crippen LogP contribution >= 0.6 is 11.3 Å². The SMILES string of the molecule is COc1cccc([C@@H]2C(C(=O)Nc3ccccc3)=C(C)N=c3s/c(=C\c4ccc(OCc5ccc([N+](=O)[O-])cc5)c(OC)c4)c(=O)n32)c1. The van der Waals surface area contributed by atoms with Gasteiger partial charge in [-0.2, -0.15) is 0 Å². The van der Waals surface area contributed by atoms with E-state index in [9.17, 15) is 19.7 Å². The van der Waals surface area contributed by atoms with Crippen LogP contribution in [0.4, 0.5) is 11.4 Å². The van der Waals surface area contributed by atoms with E-state index < -0.39 is 11.0 Å². The lowest BCUT2D eigenvalue weighted by Gasteiger charge is -2.25. The number of ether oxygens (including phenoxy) is 3. The Bertz CT molecular complexity index is 2230. The summed E-state index contributed by atoms with van der Waals surface area (Å²) in [6.45, 7) is 1.94. The summed E-state index contributed by atoms with van der Waals surface area (Å²) in [6.07, 6.45) is 1.75. The highest BCUT2D eigenvalue weighted by Gasteiger charge is 2.32. The molecule has 5 aromatic rings. The number of nitrogens with one attached hydrogen (secondary N) is 1. The summed E-state index contributed by atoms with van der Waals surface area (Å²) < 4.78 is 19.0. The zero-order valence-corrected chi connectivity index (χ0v) is 27.0. The maximum atomic E-state index is 14.1. The van der Waals surface area contributed by atoms with E-state index in [-0.39, 0.29) is 23.8 Å². The van der Waals surface area contributed by atoms with Crippen molar-refractivity contribution < 1.29 is 23.9 Å². The average molecular weight is 663 g/mol. The molecule has 1 aliphatic heterocycles. The minimum atomic E-state index is -0.757. The highest BCUT2D eigenvalue weighted by molar-refractivity contribution is 7.07. The first kappa shape index (κ1) is 32.0. The zero-order chi connectivity index (χ0) is 33.8.